The van der Waals surface area contributed by atoms with E-state index in [9.17, 15) is 0 Å². The normalized spacial score (nSPS) is 10.6. The Hall–Kier alpha value is -3.35. The highest BCUT2D eigenvalue weighted by Crippen LogP contribution is 2.25. The number of aryl methyl sites for hydroxylation is 4. The summed E-state index contributed by atoms with van der Waals surface area (Å²) >= 11 is 0. The molecule has 0 radical (unpaired) electrons. The molecule has 2 N–H and O–H groups in total. The number of methoxy groups -OCH3 is 2. The molecule has 3 aromatic rings. The summed E-state index contributed by atoms with van der Waals surface area (Å²) in [7, 11) is 3.27. The van der Waals surface area contributed by atoms with Gasteiger partial charge in [0.25, 0.3) is 0 Å². The van der Waals surface area contributed by atoms with Crippen LogP contribution in [0, 0.1) is 27.7 Å². The van der Waals surface area contributed by atoms with Crippen LogP contribution < -0.4 is 20.1 Å². The Morgan fingerprint density at radius 2 is 1.34 bits per heavy atom. The summed E-state index contributed by atoms with van der Waals surface area (Å²) in [5, 5.41) is 6.60. The minimum absolute atomic E-state index is 0.504. The molecule has 0 fully saturated rings. The second kappa shape index (κ2) is 8.77. The van der Waals surface area contributed by atoms with Gasteiger partial charge in [0.15, 0.2) is 0 Å². The Bertz CT molecular complexity index is 975. The summed E-state index contributed by atoms with van der Waals surface area (Å²) in [5.41, 5.74) is 5.55. The highest BCUT2D eigenvalue weighted by Gasteiger charge is 2.09. The Balaban J connectivity index is 1.80. The number of aromatic nitrogens is 3. The van der Waals surface area contributed by atoms with Gasteiger partial charge in [-0.3, -0.25) is 0 Å². The topological polar surface area (TPSA) is 81.2 Å². The number of hydrogen-bond acceptors (Lipinski definition) is 7. The molecule has 1 aromatic heterocycles. The van der Waals surface area contributed by atoms with Crippen molar-refractivity contribution in [3.8, 4) is 11.5 Å². The van der Waals surface area contributed by atoms with Crippen LogP contribution in [0.1, 0.15) is 28.1 Å². The van der Waals surface area contributed by atoms with Gasteiger partial charge in [-0.15, -0.1) is 0 Å². The molecule has 7 nitrogen and oxygen atoms in total. The smallest absolute Gasteiger partial charge is 0.232 e. The van der Waals surface area contributed by atoms with Crippen LogP contribution in [0.4, 0.5) is 17.6 Å². The molecular formula is C22H27N5O2. The lowest BCUT2D eigenvalue weighted by atomic mass is 10.1. The molecule has 0 aliphatic carbocycles. The van der Waals surface area contributed by atoms with E-state index in [-0.39, 0.29) is 0 Å². The Morgan fingerprint density at radius 1 is 0.759 bits per heavy atom. The molecule has 7 heteroatoms. The predicted octanol–water partition coefficient (Wildman–Crippen LogP) is 4.48. The number of hydrogen-bond donors (Lipinski definition) is 2. The first-order valence-corrected chi connectivity index (χ1v) is 9.41. The van der Waals surface area contributed by atoms with E-state index in [1.807, 2.05) is 25.1 Å². The lowest BCUT2D eigenvalue weighted by Crippen LogP contribution is -2.09. The van der Waals surface area contributed by atoms with Crippen LogP contribution in [0.15, 0.2) is 30.3 Å². The summed E-state index contributed by atoms with van der Waals surface area (Å²) in [4.78, 5) is 13.4. The van der Waals surface area contributed by atoms with E-state index in [0.29, 0.717) is 24.3 Å². The fourth-order valence-electron chi connectivity index (χ4n) is 3.26. The first kappa shape index (κ1) is 20.4. The first-order valence-electron chi connectivity index (χ1n) is 9.41. The maximum Gasteiger partial charge on any atom is 0.232 e. The Morgan fingerprint density at radius 3 is 1.93 bits per heavy atom. The van der Waals surface area contributed by atoms with Gasteiger partial charge in [0.2, 0.25) is 11.9 Å². The van der Waals surface area contributed by atoms with Crippen molar-refractivity contribution in [1.29, 1.82) is 0 Å². The van der Waals surface area contributed by atoms with Gasteiger partial charge in [-0.2, -0.15) is 15.0 Å². The summed E-state index contributed by atoms with van der Waals surface area (Å²) in [6.07, 6.45) is 0. The van der Waals surface area contributed by atoms with Crippen molar-refractivity contribution in [2.75, 3.05) is 24.9 Å². The lowest BCUT2D eigenvalue weighted by molar-refractivity contribution is 0.393. The lowest BCUT2D eigenvalue weighted by Gasteiger charge is -2.14. The largest absolute Gasteiger partial charge is 0.497 e. The van der Waals surface area contributed by atoms with Gasteiger partial charge >= 0.3 is 0 Å². The molecule has 0 bridgehead atoms. The average molecular weight is 393 g/mol. The maximum absolute atomic E-state index is 5.33. The molecule has 0 aliphatic heterocycles. The van der Waals surface area contributed by atoms with Gasteiger partial charge in [-0.05, 0) is 56.5 Å². The third-order valence-corrected chi connectivity index (χ3v) is 4.52. The molecule has 0 amide bonds. The standard InChI is InChI=1S/C22H27N5O2/c1-13-7-14(2)20(15(3)8-13)26-22-25-16(4)24-21(27-22)23-12-17-9-18(28-5)11-19(10-17)29-6/h7-11H,12H2,1-6H3,(H2,23,24,25,26,27). The third-order valence-electron chi connectivity index (χ3n) is 4.52. The van der Waals surface area contributed by atoms with Crippen molar-refractivity contribution >= 4 is 17.6 Å². The maximum atomic E-state index is 5.33. The van der Waals surface area contributed by atoms with Crippen LogP contribution in [0.2, 0.25) is 0 Å². The van der Waals surface area contributed by atoms with Gasteiger partial charge in [0.05, 0.1) is 14.2 Å². The van der Waals surface area contributed by atoms with E-state index in [0.717, 1.165) is 33.9 Å². The van der Waals surface area contributed by atoms with Crippen molar-refractivity contribution in [3.05, 3.63) is 58.4 Å². The molecule has 0 unspecified atom stereocenters. The molecular weight excluding hydrogens is 366 g/mol. The van der Waals surface area contributed by atoms with Gasteiger partial charge in [-0.25, -0.2) is 0 Å². The highest BCUT2D eigenvalue weighted by atomic mass is 16.5. The zero-order chi connectivity index (χ0) is 21.0. The number of ether oxygens (including phenoxy) is 2. The summed E-state index contributed by atoms with van der Waals surface area (Å²) in [5.74, 6) is 3.12. The van der Waals surface area contributed by atoms with Crippen molar-refractivity contribution in [2.45, 2.75) is 34.2 Å². The minimum atomic E-state index is 0.504. The van der Waals surface area contributed by atoms with Crippen molar-refractivity contribution in [1.82, 2.24) is 15.0 Å². The second-order valence-corrected chi connectivity index (χ2v) is 7.00. The number of rotatable bonds is 7. The Kier molecular flexibility index (Phi) is 6.16. The van der Waals surface area contributed by atoms with Crippen molar-refractivity contribution < 1.29 is 9.47 Å². The number of nitrogens with one attached hydrogen (secondary N) is 2. The SMILES string of the molecule is COc1cc(CNc2nc(C)nc(Nc3c(C)cc(C)cc3C)n2)cc(OC)c1. The Labute approximate surface area is 171 Å². The molecule has 0 saturated carbocycles. The minimum Gasteiger partial charge on any atom is -0.497 e. The van der Waals surface area contributed by atoms with E-state index >= 15 is 0 Å². The molecule has 0 spiro atoms. The fourth-order valence-corrected chi connectivity index (χ4v) is 3.26. The molecule has 0 aliphatic rings. The molecule has 29 heavy (non-hydrogen) atoms. The van der Waals surface area contributed by atoms with Gasteiger partial charge in [-0.1, -0.05) is 17.7 Å². The monoisotopic (exact) mass is 393 g/mol. The van der Waals surface area contributed by atoms with Crippen LogP contribution >= 0.6 is 0 Å². The van der Waals surface area contributed by atoms with Crippen LogP contribution in [-0.4, -0.2) is 29.2 Å². The fraction of sp³-hybridized carbons (Fsp3) is 0.318. The molecule has 0 saturated heterocycles. The zero-order valence-electron chi connectivity index (χ0n) is 17.8. The quantitative estimate of drug-likeness (QED) is 0.612. The summed E-state index contributed by atoms with van der Waals surface area (Å²) in [6.45, 7) is 8.62. The number of anilines is 3. The molecule has 152 valence electrons. The van der Waals surface area contributed by atoms with Gasteiger partial charge in [0, 0.05) is 18.3 Å². The molecule has 1 heterocycles. The summed E-state index contributed by atoms with van der Waals surface area (Å²) in [6, 6.07) is 10.0. The van der Waals surface area contributed by atoms with E-state index in [1.165, 1.54) is 5.56 Å². The van der Waals surface area contributed by atoms with Crippen LogP contribution in [-0.2, 0) is 6.54 Å². The molecule has 0 atom stereocenters. The van der Waals surface area contributed by atoms with Crippen LogP contribution in [0.3, 0.4) is 0 Å². The molecule has 2 aromatic carbocycles. The van der Waals surface area contributed by atoms with E-state index in [4.69, 9.17) is 9.47 Å². The number of nitrogens with zero attached hydrogens (tertiary/aromatic N) is 3. The zero-order valence-corrected chi connectivity index (χ0v) is 17.8. The van der Waals surface area contributed by atoms with E-state index in [2.05, 4.69) is 58.5 Å². The second-order valence-electron chi connectivity index (χ2n) is 7.00. The predicted molar refractivity (Wildman–Crippen MR) is 115 cm³/mol. The van der Waals surface area contributed by atoms with Crippen molar-refractivity contribution in [2.24, 2.45) is 0 Å². The van der Waals surface area contributed by atoms with Gasteiger partial charge < -0.3 is 20.1 Å². The van der Waals surface area contributed by atoms with Crippen LogP contribution in [0.5, 0.6) is 11.5 Å². The third kappa shape index (κ3) is 5.13. The average Bonchev–Trinajstić information content (AvgIpc) is 2.68. The van der Waals surface area contributed by atoms with Gasteiger partial charge in [0.1, 0.15) is 17.3 Å². The molecule has 3 rings (SSSR count). The van der Waals surface area contributed by atoms with E-state index < -0.39 is 0 Å². The first-order chi connectivity index (χ1) is 13.9. The van der Waals surface area contributed by atoms with Crippen LogP contribution in [0.25, 0.3) is 0 Å². The summed E-state index contributed by atoms with van der Waals surface area (Å²) < 4.78 is 10.7. The number of benzene rings is 2. The highest BCUT2D eigenvalue weighted by molar-refractivity contribution is 5.64. The van der Waals surface area contributed by atoms with E-state index in [1.54, 1.807) is 14.2 Å². The van der Waals surface area contributed by atoms with Crippen molar-refractivity contribution in [3.63, 3.8) is 0 Å².